The number of methoxy groups -OCH3 is 1. The second kappa shape index (κ2) is 2.69. The van der Waals surface area contributed by atoms with Gasteiger partial charge in [0.15, 0.2) is 0 Å². The van der Waals surface area contributed by atoms with Crippen LogP contribution in [0.25, 0.3) is 0 Å². The zero-order valence-electron chi connectivity index (χ0n) is 7.61. The highest BCUT2D eigenvalue weighted by Gasteiger charge is 2.56. The third-order valence-corrected chi connectivity index (χ3v) is 2.52. The number of hydrogen-bond acceptors (Lipinski definition) is 3. The quantitative estimate of drug-likeness (QED) is 0.590. The molecule has 1 rings (SSSR count). The third kappa shape index (κ3) is 1.10. The number of carbonyl (C=O) groups excluding carboxylic acids is 1. The van der Waals surface area contributed by atoms with Gasteiger partial charge in [-0.3, -0.25) is 0 Å². The summed E-state index contributed by atoms with van der Waals surface area (Å²) < 4.78 is 18.4. The first kappa shape index (κ1) is 9.45. The average Bonchev–Trinajstić information content (AvgIpc) is 2.26. The summed E-state index contributed by atoms with van der Waals surface area (Å²) in [4.78, 5) is 11.1. The smallest absolute Gasteiger partial charge is 0.345 e. The molecule has 0 saturated carbocycles. The van der Waals surface area contributed by atoms with Crippen LogP contribution in [-0.2, 0) is 9.53 Å². The zero-order valence-corrected chi connectivity index (χ0v) is 7.61. The molecule has 12 heavy (non-hydrogen) atoms. The van der Waals surface area contributed by atoms with E-state index in [0.717, 1.165) is 0 Å². The number of esters is 1. The topological polar surface area (TPSA) is 38.3 Å². The molecule has 0 bridgehead atoms. The van der Waals surface area contributed by atoms with Gasteiger partial charge in [0.05, 0.1) is 7.11 Å². The maximum absolute atomic E-state index is 13.9. The van der Waals surface area contributed by atoms with Crippen molar-refractivity contribution in [2.75, 3.05) is 20.2 Å². The maximum Gasteiger partial charge on any atom is 0.345 e. The molecule has 0 aliphatic carbocycles. The lowest BCUT2D eigenvalue weighted by molar-refractivity contribution is -0.159. The molecular formula is C8H14FNO2. The molecular weight excluding hydrogens is 161 g/mol. The molecule has 1 N–H and O–H groups in total. The van der Waals surface area contributed by atoms with Crippen LogP contribution in [0.1, 0.15) is 13.8 Å². The van der Waals surface area contributed by atoms with Crippen LogP contribution >= 0.6 is 0 Å². The first-order valence-electron chi connectivity index (χ1n) is 3.92. The Hall–Kier alpha value is -0.640. The van der Waals surface area contributed by atoms with Crippen LogP contribution in [0.4, 0.5) is 4.39 Å². The van der Waals surface area contributed by atoms with E-state index in [0.29, 0.717) is 6.54 Å². The minimum atomic E-state index is -1.87. The molecule has 1 atom stereocenters. The Morgan fingerprint density at radius 3 is 2.42 bits per heavy atom. The molecule has 0 amide bonds. The van der Waals surface area contributed by atoms with Gasteiger partial charge in [-0.2, -0.15) is 0 Å². The van der Waals surface area contributed by atoms with Gasteiger partial charge in [0.25, 0.3) is 0 Å². The first-order chi connectivity index (χ1) is 5.44. The van der Waals surface area contributed by atoms with Crippen LogP contribution in [-0.4, -0.2) is 31.8 Å². The number of carbonyl (C=O) groups is 1. The van der Waals surface area contributed by atoms with Crippen LogP contribution in [0, 0.1) is 5.41 Å². The number of hydrogen-bond donors (Lipinski definition) is 1. The van der Waals surface area contributed by atoms with Gasteiger partial charge in [0.1, 0.15) is 0 Å². The van der Waals surface area contributed by atoms with E-state index in [1.165, 1.54) is 7.11 Å². The Morgan fingerprint density at radius 1 is 1.50 bits per heavy atom. The molecule has 0 aromatic heterocycles. The normalized spacial score (nSPS) is 33.3. The highest BCUT2D eigenvalue weighted by atomic mass is 19.1. The predicted molar refractivity (Wildman–Crippen MR) is 42.5 cm³/mol. The monoisotopic (exact) mass is 175 g/mol. The second-order valence-electron chi connectivity index (χ2n) is 3.78. The fourth-order valence-electron chi connectivity index (χ4n) is 1.44. The van der Waals surface area contributed by atoms with Crippen LogP contribution in [0.2, 0.25) is 0 Å². The van der Waals surface area contributed by atoms with Crippen molar-refractivity contribution < 1.29 is 13.9 Å². The summed E-state index contributed by atoms with van der Waals surface area (Å²) in [7, 11) is 1.21. The van der Waals surface area contributed by atoms with Crippen molar-refractivity contribution >= 4 is 5.97 Å². The van der Waals surface area contributed by atoms with E-state index < -0.39 is 17.1 Å². The Kier molecular flexibility index (Phi) is 2.12. The van der Waals surface area contributed by atoms with Crippen molar-refractivity contribution in [3.8, 4) is 0 Å². The lowest BCUT2D eigenvalue weighted by Gasteiger charge is -2.29. The maximum atomic E-state index is 13.9. The molecule has 3 nitrogen and oxygen atoms in total. The summed E-state index contributed by atoms with van der Waals surface area (Å²) in [6.45, 7) is 3.97. The molecule has 1 saturated heterocycles. The summed E-state index contributed by atoms with van der Waals surface area (Å²) in [5.41, 5.74) is -2.55. The SMILES string of the molecule is COC(=O)C1(F)CNCC1(C)C. The lowest BCUT2D eigenvalue weighted by Crippen LogP contribution is -2.47. The van der Waals surface area contributed by atoms with Crippen molar-refractivity contribution in [2.45, 2.75) is 19.5 Å². The molecule has 0 spiro atoms. The zero-order chi connectivity index (χ0) is 9.41. The van der Waals surface area contributed by atoms with Gasteiger partial charge < -0.3 is 10.1 Å². The third-order valence-electron chi connectivity index (χ3n) is 2.52. The molecule has 0 aromatic rings. The number of nitrogens with one attached hydrogen (secondary N) is 1. The number of rotatable bonds is 1. The van der Waals surface area contributed by atoms with Gasteiger partial charge in [-0.05, 0) is 0 Å². The van der Waals surface area contributed by atoms with E-state index in [9.17, 15) is 9.18 Å². The van der Waals surface area contributed by atoms with Gasteiger partial charge >= 0.3 is 5.97 Å². The Labute approximate surface area is 71.3 Å². The predicted octanol–water partition coefficient (Wildman–Crippen LogP) is 0.497. The van der Waals surface area contributed by atoms with E-state index in [2.05, 4.69) is 10.1 Å². The van der Waals surface area contributed by atoms with Gasteiger partial charge in [-0.25, -0.2) is 9.18 Å². The molecule has 70 valence electrons. The van der Waals surface area contributed by atoms with E-state index in [-0.39, 0.29) is 6.54 Å². The van der Waals surface area contributed by atoms with Crippen LogP contribution in [0.3, 0.4) is 0 Å². The standard InChI is InChI=1S/C8H14FNO2/c1-7(2)4-10-5-8(7,9)6(11)12-3/h10H,4-5H2,1-3H3. The molecule has 1 unspecified atom stereocenters. The van der Waals surface area contributed by atoms with Crippen molar-refractivity contribution in [3.05, 3.63) is 0 Å². The van der Waals surface area contributed by atoms with Crippen molar-refractivity contribution in [3.63, 3.8) is 0 Å². The van der Waals surface area contributed by atoms with E-state index in [1.807, 2.05) is 0 Å². The van der Waals surface area contributed by atoms with Gasteiger partial charge in [-0.1, -0.05) is 13.8 Å². The second-order valence-corrected chi connectivity index (χ2v) is 3.78. The fraction of sp³-hybridized carbons (Fsp3) is 0.875. The molecule has 1 aliphatic heterocycles. The van der Waals surface area contributed by atoms with Crippen molar-refractivity contribution in [1.82, 2.24) is 5.32 Å². The average molecular weight is 175 g/mol. The summed E-state index contributed by atoms with van der Waals surface area (Å²) >= 11 is 0. The molecule has 1 aliphatic rings. The number of halogens is 1. The number of alkyl halides is 1. The Bertz CT molecular complexity index is 205. The van der Waals surface area contributed by atoms with Crippen LogP contribution in [0.15, 0.2) is 0 Å². The summed E-state index contributed by atoms with van der Waals surface area (Å²) in [6.07, 6.45) is 0. The highest BCUT2D eigenvalue weighted by molar-refractivity contribution is 5.81. The molecule has 0 aromatic carbocycles. The minimum absolute atomic E-state index is 0.0483. The summed E-state index contributed by atoms with van der Waals surface area (Å²) in [5.74, 6) is -0.780. The Morgan fingerprint density at radius 2 is 2.08 bits per heavy atom. The summed E-state index contributed by atoms with van der Waals surface area (Å²) in [6, 6.07) is 0. The van der Waals surface area contributed by atoms with Crippen molar-refractivity contribution in [2.24, 2.45) is 5.41 Å². The van der Waals surface area contributed by atoms with Crippen LogP contribution < -0.4 is 5.32 Å². The minimum Gasteiger partial charge on any atom is -0.467 e. The van der Waals surface area contributed by atoms with E-state index in [4.69, 9.17) is 0 Å². The van der Waals surface area contributed by atoms with Crippen molar-refractivity contribution in [1.29, 1.82) is 0 Å². The number of ether oxygens (including phenoxy) is 1. The van der Waals surface area contributed by atoms with Gasteiger partial charge in [-0.15, -0.1) is 0 Å². The lowest BCUT2D eigenvalue weighted by atomic mass is 9.79. The largest absolute Gasteiger partial charge is 0.467 e. The molecule has 1 heterocycles. The first-order valence-corrected chi connectivity index (χ1v) is 3.92. The van der Waals surface area contributed by atoms with Crippen LogP contribution in [0.5, 0.6) is 0 Å². The molecule has 4 heteroatoms. The highest BCUT2D eigenvalue weighted by Crippen LogP contribution is 2.38. The fourth-order valence-corrected chi connectivity index (χ4v) is 1.44. The van der Waals surface area contributed by atoms with Gasteiger partial charge in [0.2, 0.25) is 5.67 Å². The molecule has 1 fully saturated rings. The van der Waals surface area contributed by atoms with Gasteiger partial charge in [0, 0.05) is 18.5 Å². The van der Waals surface area contributed by atoms with E-state index >= 15 is 0 Å². The Balaban J connectivity index is 2.90. The summed E-state index contributed by atoms with van der Waals surface area (Å²) in [5, 5.41) is 2.84. The van der Waals surface area contributed by atoms with E-state index in [1.54, 1.807) is 13.8 Å². The molecule has 0 radical (unpaired) electrons.